The van der Waals surface area contributed by atoms with E-state index in [1.165, 1.54) is 25.5 Å². The van der Waals surface area contributed by atoms with Crippen molar-refractivity contribution in [2.75, 3.05) is 6.61 Å². The van der Waals surface area contributed by atoms with Crippen molar-refractivity contribution in [3.8, 4) is 11.8 Å². The van der Waals surface area contributed by atoms with Crippen molar-refractivity contribution in [1.29, 1.82) is 5.26 Å². The van der Waals surface area contributed by atoms with Gasteiger partial charge in [-0.3, -0.25) is 9.59 Å². The zero-order valence-electron chi connectivity index (χ0n) is 14.0. The van der Waals surface area contributed by atoms with E-state index in [9.17, 15) is 9.59 Å². The van der Waals surface area contributed by atoms with Gasteiger partial charge < -0.3 is 10.1 Å². The summed E-state index contributed by atoms with van der Waals surface area (Å²) in [5, 5.41) is 15.1. The number of hydrogen-bond acceptors (Lipinski definition) is 5. The van der Waals surface area contributed by atoms with Crippen molar-refractivity contribution in [1.82, 2.24) is 10.7 Å². The average Bonchev–Trinajstić information content (AvgIpc) is 2.62. The average molecular weight is 342 g/mol. The summed E-state index contributed by atoms with van der Waals surface area (Å²) in [6, 6.07) is 8.99. The molecule has 25 heavy (non-hydrogen) atoms. The first-order valence-electron chi connectivity index (χ1n) is 8.38. The molecule has 0 aromatic heterocycles. The second kappa shape index (κ2) is 10.1. The van der Waals surface area contributed by atoms with Gasteiger partial charge in [0, 0.05) is 6.04 Å². The quantitative estimate of drug-likeness (QED) is 0.583. The largest absolute Gasteiger partial charge is 0.484 e. The lowest BCUT2D eigenvalue weighted by Crippen LogP contribution is -2.38. The van der Waals surface area contributed by atoms with Crippen molar-refractivity contribution < 1.29 is 14.3 Å². The Labute approximate surface area is 147 Å². The molecule has 0 bridgehead atoms. The lowest BCUT2D eigenvalue weighted by molar-refractivity contribution is -0.124. The number of hydrazone groups is 1. The highest BCUT2D eigenvalue weighted by molar-refractivity contribution is 5.83. The van der Waals surface area contributed by atoms with Gasteiger partial charge in [0.1, 0.15) is 12.2 Å². The summed E-state index contributed by atoms with van der Waals surface area (Å²) < 4.78 is 5.48. The number of carbonyl (C=O) groups excluding carboxylic acids is 2. The van der Waals surface area contributed by atoms with Crippen LogP contribution in [0.15, 0.2) is 29.4 Å². The topological polar surface area (TPSA) is 104 Å². The Morgan fingerprint density at radius 3 is 2.60 bits per heavy atom. The molecule has 1 aliphatic rings. The van der Waals surface area contributed by atoms with Gasteiger partial charge in [-0.05, 0) is 42.7 Å². The molecule has 0 spiro atoms. The molecular formula is C18H22N4O3. The van der Waals surface area contributed by atoms with Crippen LogP contribution in [-0.2, 0) is 9.59 Å². The number of nitriles is 1. The molecule has 1 saturated carbocycles. The minimum atomic E-state index is -0.456. The van der Waals surface area contributed by atoms with Crippen LogP contribution in [0.3, 0.4) is 0 Å². The summed E-state index contributed by atoms with van der Waals surface area (Å²) in [5.74, 6) is 0.0323. The Kier molecular flexibility index (Phi) is 7.44. The van der Waals surface area contributed by atoms with E-state index in [1.54, 1.807) is 30.3 Å². The van der Waals surface area contributed by atoms with E-state index >= 15 is 0 Å². The smallest absolute Gasteiger partial charge is 0.258 e. The fraction of sp³-hybridized carbons (Fsp3) is 0.444. The van der Waals surface area contributed by atoms with Crippen molar-refractivity contribution in [2.45, 2.75) is 44.6 Å². The van der Waals surface area contributed by atoms with Crippen molar-refractivity contribution in [3.63, 3.8) is 0 Å². The van der Waals surface area contributed by atoms with Gasteiger partial charge >= 0.3 is 0 Å². The van der Waals surface area contributed by atoms with Gasteiger partial charge in [0.05, 0.1) is 12.3 Å². The maximum atomic E-state index is 11.9. The predicted octanol–water partition coefficient (Wildman–Crippen LogP) is 1.88. The highest BCUT2D eigenvalue weighted by Crippen LogP contribution is 2.17. The van der Waals surface area contributed by atoms with E-state index in [1.807, 2.05) is 0 Å². The van der Waals surface area contributed by atoms with Crippen molar-refractivity contribution >= 4 is 18.0 Å². The Hall–Kier alpha value is -2.88. The zero-order valence-corrected chi connectivity index (χ0v) is 14.0. The van der Waals surface area contributed by atoms with Gasteiger partial charge in [0.25, 0.3) is 11.8 Å². The fourth-order valence-corrected chi connectivity index (χ4v) is 2.61. The summed E-state index contributed by atoms with van der Waals surface area (Å²) in [7, 11) is 0. The van der Waals surface area contributed by atoms with Crippen LogP contribution in [0.4, 0.5) is 0 Å². The first-order chi connectivity index (χ1) is 12.2. The third-order valence-electron chi connectivity index (χ3n) is 3.86. The number of benzene rings is 1. The second-order valence-electron chi connectivity index (χ2n) is 5.89. The first kappa shape index (κ1) is 18.5. The van der Waals surface area contributed by atoms with E-state index in [0.29, 0.717) is 5.75 Å². The van der Waals surface area contributed by atoms with Crippen molar-refractivity contribution in [2.24, 2.45) is 5.10 Å². The molecular weight excluding hydrogens is 320 g/mol. The number of hydrogen-bond donors (Lipinski definition) is 2. The minimum absolute atomic E-state index is 0.00580. The van der Waals surface area contributed by atoms with Crippen LogP contribution in [0.25, 0.3) is 0 Å². The number of carbonyl (C=O) groups is 2. The number of rotatable bonds is 7. The summed E-state index contributed by atoms with van der Waals surface area (Å²) in [6.07, 6.45) is 6.93. The highest BCUT2D eigenvalue weighted by Gasteiger charge is 2.15. The molecule has 7 nitrogen and oxygen atoms in total. The van der Waals surface area contributed by atoms with E-state index < -0.39 is 5.91 Å². The van der Waals surface area contributed by atoms with Gasteiger partial charge in [-0.25, -0.2) is 5.43 Å². The molecule has 7 heteroatoms. The van der Waals surface area contributed by atoms with Crippen LogP contribution in [0.1, 0.15) is 44.1 Å². The molecule has 0 radical (unpaired) electrons. The SMILES string of the molecule is N#CCC(=O)N/N=C\c1ccc(OCC(=O)NC2CCCCC2)cc1. The number of nitrogens with zero attached hydrogens (tertiary/aromatic N) is 2. The molecule has 2 N–H and O–H groups in total. The number of nitrogens with one attached hydrogen (secondary N) is 2. The molecule has 1 aliphatic carbocycles. The van der Waals surface area contributed by atoms with E-state index in [0.717, 1.165) is 18.4 Å². The number of amides is 2. The monoisotopic (exact) mass is 342 g/mol. The van der Waals surface area contributed by atoms with Crippen LogP contribution < -0.4 is 15.5 Å². The first-order valence-corrected chi connectivity index (χ1v) is 8.38. The molecule has 132 valence electrons. The lowest BCUT2D eigenvalue weighted by Gasteiger charge is -2.22. The van der Waals surface area contributed by atoms with Crippen LogP contribution >= 0.6 is 0 Å². The van der Waals surface area contributed by atoms with Gasteiger partial charge in [0.15, 0.2) is 6.61 Å². The molecule has 1 aromatic rings. The molecule has 0 aliphatic heterocycles. The van der Waals surface area contributed by atoms with Crippen LogP contribution in [0.5, 0.6) is 5.75 Å². The molecule has 2 amide bonds. The maximum absolute atomic E-state index is 11.9. The minimum Gasteiger partial charge on any atom is -0.484 e. The lowest BCUT2D eigenvalue weighted by atomic mass is 9.95. The summed E-state index contributed by atoms with van der Waals surface area (Å²) in [4.78, 5) is 23.0. The Morgan fingerprint density at radius 2 is 1.92 bits per heavy atom. The Bertz CT molecular complexity index is 643. The van der Waals surface area contributed by atoms with Crippen LogP contribution in [-0.4, -0.2) is 30.7 Å². The second-order valence-corrected chi connectivity index (χ2v) is 5.89. The molecule has 0 heterocycles. The van der Waals surface area contributed by atoms with Gasteiger partial charge in [-0.1, -0.05) is 19.3 Å². The Balaban J connectivity index is 1.72. The molecule has 0 atom stereocenters. The van der Waals surface area contributed by atoms with E-state index in [2.05, 4.69) is 15.8 Å². The van der Waals surface area contributed by atoms with Gasteiger partial charge in [-0.15, -0.1) is 0 Å². The van der Waals surface area contributed by atoms with E-state index in [-0.39, 0.29) is 25.0 Å². The molecule has 0 unspecified atom stereocenters. The van der Waals surface area contributed by atoms with Crippen LogP contribution in [0.2, 0.25) is 0 Å². The Morgan fingerprint density at radius 1 is 1.20 bits per heavy atom. The fourth-order valence-electron chi connectivity index (χ4n) is 2.61. The van der Waals surface area contributed by atoms with Crippen molar-refractivity contribution in [3.05, 3.63) is 29.8 Å². The summed E-state index contributed by atoms with van der Waals surface area (Å²) >= 11 is 0. The van der Waals surface area contributed by atoms with Crippen LogP contribution in [0, 0.1) is 11.3 Å². The van der Waals surface area contributed by atoms with Gasteiger partial charge in [-0.2, -0.15) is 10.4 Å². The maximum Gasteiger partial charge on any atom is 0.258 e. The third-order valence-corrected chi connectivity index (χ3v) is 3.86. The molecule has 2 rings (SSSR count). The molecule has 0 saturated heterocycles. The van der Waals surface area contributed by atoms with E-state index in [4.69, 9.17) is 10.00 Å². The van der Waals surface area contributed by atoms with Gasteiger partial charge in [0.2, 0.25) is 0 Å². The zero-order chi connectivity index (χ0) is 17.9. The standard InChI is InChI=1S/C18H22N4O3/c19-11-10-17(23)22-20-12-14-6-8-16(9-7-14)25-13-18(24)21-15-4-2-1-3-5-15/h6-9,12,15H,1-5,10,13H2,(H,21,24)(H,22,23)/b20-12-. The summed E-state index contributed by atoms with van der Waals surface area (Å²) in [6.45, 7) is -0.00580. The normalized spacial score (nSPS) is 14.7. The highest BCUT2D eigenvalue weighted by atomic mass is 16.5. The molecule has 1 aromatic carbocycles. The third kappa shape index (κ3) is 7.04. The predicted molar refractivity (Wildman–Crippen MR) is 92.9 cm³/mol. The summed E-state index contributed by atoms with van der Waals surface area (Å²) in [5.41, 5.74) is 3.01. The number of ether oxygens (including phenoxy) is 1. The molecule has 1 fully saturated rings.